The number of nitrogens with zero attached hydrogens (tertiary/aromatic N) is 2. The van der Waals surface area contributed by atoms with Crippen LogP contribution in [-0.2, 0) is 0 Å². The van der Waals surface area contributed by atoms with Crippen LogP contribution in [0.15, 0.2) is 115 Å². The van der Waals surface area contributed by atoms with E-state index in [0.29, 0.717) is 0 Å². The molecule has 0 saturated heterocycles. The van der Waals surface area contributed by atoms with E-state index in [1.807, 2.05) is 42.5 Å². The fourth-order valence-corrected chi connectivity index (χ4v) is 5.24. The number of aromatic nitrogens is 2. The van der Waals surface area contributed by atoms with Crippen LogP contribution in [0.1, 0.15) is 0 Å². The van der Waals surface area contributed by atoms with Gasteiger partial charge in [-0.3, -0.25) is 0 Å². The van der Waals surface area contributed by atoms with Crippen LogP contribution in [0.5, 0.6) is 5.75 Å². The van der Waals surface area contributed by atoms with E-state index in [9.17, 15) is 5.11 Å². The number of phenolic OH excluding ortho intramolecular Hbond substituents is 1. The third-order valence-electron chi connectivity index (χ3n) is 6.64. The van der Waals surface area contributed by atoms with Crippen molar-refractivity contribution in [3.8, 4) is 17.1 Å². The van der Waals surface area contributed by atoms with Crippen LogP contribution in [0, 0.1) is 0 Å². The number of rotatable bonds is 2. The predicted octanol–water partition coefficient (Wildman–Crippen LogP) is 7.59. The molecule has 0 amide bonds. The Hall–Kier alpha value is -4.50. The van der Waals surface area contributed by atoms with Crippen molar-refractivity contribution in [3.63, 3.8) is 0 Å². The lowest BCUT2D eigenvalue weighted by Gasteiger charge is -2.15. The maximum atomic E-state index is 11.7. The van der Waals surface area contributed by atoms with Gasteiger partial charge in [0.2, 0.25) is 0 Å². The molecular formula is C30H20N2O. The maximum absolute atomic E-state index is 11.7. The molecule has 0 fully saturated rings. The Morgan fingerprint density at radius 3 is 1.00 bits per heavy atom. The van der Waals surface area contributed by atoms with Crippen molar-refractivity contribution in [3.05, 3.63) is 115 Å². The molecule has 7 rings (SSSR count). The molecule has 0 unspecified atom stereocenters. The molecule has 0 aliphatic rings. The van der Waals surface area contributed by atoms with E-state index < -0.39 is 0 Å². The summed E-state index contributed by atoms with van der Waals surface area (Å²) in [6.07, 6.45) is 0. The van der Waals surface area contributed by atoms with Gasteiger partial charge in [0.25, 0.3) is 0 Å². The summed E-state index contributed by atoms with van der Waals surface area (Å²) in [6, 6.07) is 39.5. The highest BCUT2D eigenvalue weighted by Gasteiger charge is 2.19. The Morgan fingerprint density at radius 2 is 0.667 bits per heavy atom. The van der Waals surface area contributed by atoms with E-state index >= 15 is 0 Å². The van der Waals surface area contributed by atoms with Crippen molar-refractivity contribution < 1.29 is 5.11 Å². The number of benzene rings is 5. The molecule has 0 spiro atoms. The van der Waals surface area contributed by atoms with Crippen LogP contribution in [-0.4, -0.2) is 14.2 Å². The average molecular weight is 425 g/mol. The first-order valence-electron chi connectivity index (χ1n) is 11.1. The van der Waals surface area contributed by atoms with Gasteiger partial charge in [0, 0.05) is 21.5 Å². The van der Waals surface area contributed by atoms with E-state index in [-0.39, 0.29) is 5.75 Å². The van der Waals surface area contributed by atoms with Crippen LogP contribution in [0.2, 0.25) is 0 Å². The molecule has 2 aromatic heterocycles. The number of para-hydroxylation sites is 5. The fourth-order valence-electron chi connectivity index (χ4n) is 5.24. The molecular weight excluding hydrogens is 404 g/mol. The van der Waals surface area contributed by atoms with Gasteiger partial charge in [-0.2, -0.15) is 0 Å². The molecule has 3 heteroatoms. The van der Waals surface area contributed by atoms with Crippen molar-refractivity contribution in [1.29, 1.82) is 0 Å². The molecule has 7 aromatic rings. The van der Waals surface area contributed by atoms with Gasteiger partial charge in [-0.05, 0) is 36.4 Å². The number of hydrogen-bond donors (Lipinski definition) is 1. The van der Waals surface area contributed by atoms with Crippen molar-refractivity contribution in [2.75, 3.05) is 0 Å². The summed E-state index contributed by atoms with van der Waals surface area (Å²) in [5, 5.41) is 16.4. The quantitative estimate of drug-likeness (QED) is 0.304. The van der Waals surface area contributed by atoms with Gasteiger partial charge in [0.05, 0.1) is 33.4 Å². The van der Waals surface area contributed by atoms with Crippen molar-refractivity contribution in [2.45, 2.75) is 0 Å². The van der Waals surface area contributed by atoms with Gasteiger partial charge in [-0.15, -0.1) is 0 Å². The van der Waals surface area contributed by atoms with Crippen molar-refractivity contribution in [2.24, 2.45) is 0 Å². The first-order chi connectivity index (χ1) is 16.3. The third-order valence-corrected chi connectivity index (χ3v) is 6.64. The zero-order chi connectivity index (χ0) is 21.9. The lowest BCUT2D eigenvalue weighted by atomic mass is 10.2. The van der Waals surface area contributed by atoms with E-state index in [0.717, 1.165) is 33.4 Å². The van der Waals surface area contributed by atoms with Gasteiger partial charge in [0.15, 0.2) is 5.75 Å². The van der Waals surface area contributed by atoms with Crippen molar-refractivity contribution in [1.82, 2.24) is 9.13 Å². The summed E-state index contributed by atoms with van der Waals surface area (Å²) < 4.78 is 4.33. The lowest BCUT2D eigenvalue weighted by molar-refractivity contribution is 0.471. The van der Waals surface area contributed by atoms with Crippen LogP contribution in [0.25, 0.3) is 55.0 Å². The highest BCUT2D eigenvalue weighted by atomic mass is 16.3. The lowest BCUT2D eigenvalue weighted by Crippen LogP contribution is -2.00. The summed E-state index contributed by atoms with van der Waals surface area (Å²) in [5.74, 6) is 0.260. The topological polar surface area (TPSA) is 30.1 Å². The highest BCUT2D eigenvalue weighted by Crippen LogP contribution is 2.40. The molecule has 1 N–H and O–H groups in total. The largest absolute Gasteiger partial charge is 0.504 e. The van der Waals surface area contributed by atoms with Gasteiger partial charge in [-0.1, -0.05) is 78.9 Å². The summed E-state index contributed by atoms with van der Waals surface area (Å²) in [5.41, 5.74) is 5.85. The first-order valence-corrected chi connectivity index (χ1v) is 11.1. The molecule has 33 heavy (non-hydrogen) atoms. The van der Waals surface area contributed by atoms with Crippen molar-refractivity contribution >= 4 is 43.6 Å². The molecule has 0 bridgehead atoms. The molecule has 3 nitrogen and oxygen atoms in total. The standard InChI is InChI=1S/C30H20N2O/c33-30-28(31-24-14-5-1-10-20(24)21-11-2-6-15-25(21)31)18-9-19-29(30)32-26-16-7-3-12-22(26)23-13-4-8-17-27(23)32/h1-19,33H. The van der Waals surface area contributed by atoms with Gasteiger partial charge in [0.1, 0.15) is 0 Å². The smallest absolute Gasteiger partial charge is 0.163 e. The average Bonchev–Trinajstić information content (AvgIpc) is 3.38. The number of fused-ring (bicyclic) bond motifs is 6. The van der Waals surface area contributed by atoms with Gasteiger partial charge < -0.3 is 14.2 Å². The molecule has 5 aromatic carbocycles. The Kier molecular flexibility index (Phi) is 3.70. The monoisotopic (exact) mass is 424 g/mol. The summed E-state index contributed by atoms with van der Waals surface area (Å²) in [6.45, 7) is 0. The minimum absolute atomic E-state index is 0.260. The maximum Gasteiger partial charge on any atom is 0.163 e. The van der Waals surface area contributed by atoms with Gasteiger partial charge in [-0.25, -0.2) is 0 Å². The molecule has 156 valence electrons. The van der Waals surface area contributed by atoms with Crippen LogP contribution in [0.4, 0.5) is 0 Å². The fraction of sp³-hybridized carbons (Fsp3) is 0. The van der Waals surface area contributed by atoms with Crippen LogP contribution < -0.4 is 0 Å². The highest BCUT2D eigenvalue weighted by molar-refractivity contribution is 6.11. The summed E-state index contributed by atoms with van der Waals surface area (Å²) in [4.78, 5) is 0. The van der Waals surface area contributed by atoms with E-state index in [4.69, 9.17) is 0 Å². The SMILES string of the molecule is Oc1c(-n2c3ccccc3c3ccccc32)cccc1-n1c2ccccc2c2ccccc21. The van der Waals surface area contributed by atoms with Gasteiger partial charge >= 0.3 is 0 Å². The minimum Gasteiger partial charge on any atom is -0.504 e. The normalized spacial score (nSPS) is 11.8. The second-order valence-corrected chi connectivity index (χ2v) is 8.38. The molecule has 0 radical (unpaired) electrons. The Bertz CT molecular complexity index is 1600. The second-order valence-electron chi connectivity index (χ2n) is 8.38. The van der Waals surface area contributed by atoms with E-state index in [2.05, 4.69) is 81.9 Å². The van der Waals surface area contributed by atoms with E-state index in [1.54, 1.807) is 0 Å². The first kappa shape index (κ1) is 18.1. The number of aromatic hydroxyl groups is 1. The molecule has 2 heterocycles. The Morgan fingerprint density at radius 1 is 0.364 bits per heavy atom. The zero-order valence-corrected chi connectivity index (χ0v) is 17.8. The predicted molar refractivity (Wildman–Crippen MR) is 137 cm³/mol. The molecule has 0 saturated carbocycles. The summed E-state index contributed by atoms with van der Waals surface area (Å²) in [7, 11) is 0. The van der Waals surface area contributed by atoms with Crippen LogP contribution in [0.3, 0.4) is 0 Å². The third kappa shape index (κ3) is 2.45. The summed E-state index contributed by atoms with van der Waals surface area (Å²) >= 11 is 0. The Balaban J connectivity index is 1.60. The minimum atomic E-state index is 0.260. The second kappa shape index (κ2) is 6.75. The number of hydrogen-bond acceptors (Lipinski definition) is 1. The zero-order valence-electron chi connectivity index (χ0n) is 17.8. The van der Waals surface area contributed by atoms with E-state index in [1.165, 1.54) is 21.5 Å². The molecule has 0 aliphatic heterocycles. The number of phenols is 1. The molecule has 0 atom stereocenters. The van der Waals surface area contributed by atoms with Crippen LogP contribution >= 0.6 is 0 Å². The molecule has 0 aliphatic carbocycles. The Labute approximate surface area is 190 Å².